The van der Waals surface area contributed by atoms with Gasteiger partial charge in [0.1, 0.15) is 11.5 Å². The Labute approximate surface area is 142 Å². The van der Waals surface area contributed by atoms with E-state index >= 15 is 0 Å². The molecule has 3 heteroatoms. The predicted octanol–water partition coefficient (Wildman–Crippen LogP) is 5.40. The maximum atomic E-state index is 12.5. The summed E-state index contributed by atoms with van der Waals surface area (Å²) in [5.74, 6) is 1.92. The van der Waals surface area contributed by atoms with Gasteiger partial charge in [-0.05, 0) is 30.9 Å². The molecule has 0 N–H and O–H groups in total. The average Bonchev–Trinajstić information content (AvgIpc) is 2.62. The van der Waals surface area contributed by atoms with Gasteiger partial charge in [-0.1, -0.05) is 55.7 Å². The molecule has 2 aromatic rings. The minimum atomic E-state index is -0.373. The number of para-hydroxylation sites is 2. The van der Waals surface area contributed by atoms with E-state index in [-0.39, 0.29) is 12.1 Å². The lowest BCUT2D eigenvalue weighted by molar-refractivity contribution is -0.149. The molecule has 124 valence electrons. The number of benzene rings is 2. The first-order chi connectivity index (χ1) is 11.8. The highest BCUT2D eigenvalue weighted by atomic mass is 16.5. The van der Waals surface area contributed by atoms with E-state index in [1.807, 2.05) is 48.5 Å². The van der Waals surface area contributed by atoms with Crippen molar-refractivity contribution in [3.8, 4) is 11.5 Å². The molecule has 3 nitrogen and oxygen atoms in total. The summed E-state index contributed by atoms with van der Waals surface area (Å²) in [7, 11) is 0. The van der Waals surface area contributed by atoms with Gasteiger partial charge < -0.3 is 9.47 Å². The number of rotatable bonds is 3. The molecule has 24 heavy (non-hydrogen) atoms. The summed E-state index contributed by atoms with van der Waals surface area (Å²) in [6.45, 7) is 0. The van der Waals surface area contributed by atoms with Crippen molar-refractivity contribution in [3.63, 3.8) is 0 Å². The lowest BCUT2D eigenvalue weighted by Crippen LogP contribution is -2.20. The first-order valence-corrected chi connectivity index (χ1v) is 8.86. The molecule has 0 spiro atoms. The minimum Gasteiger partial charge on any atom is -0.456 e. The van der Waals surface area contributed by atoms with Crippen molar-refractivity contribution in [2.45, 2.75) is 44.6 Å². The summed E-state index contributed by atoms with van der Waals surface area (Å²) in [5.41, 5.74) is 1.85. The van der Waals surface area contributed by atoms with Gasteiger partial charge in [-0.3, -0.25) is 4.79 Å². The predicted molar refractivity (Wildman–Crippen MR) is 92.1 cm³/mol. The van der Waals surface area contributed by atoms with Crippen molar-refractivity contribution in [2.75, 3.05) is 0 Å². The number of ether oxygens (including phenoxy) is 2. The van der Waals surface area contributed by atoms with Gasteiger partial charge in [-0.15, -0.1) is 0 Å². The molecule has 0 radical (unpaired) electrons. The van der Waals surface area contributed by atoms with Crippen LogP contribution in [0.1, 0.15) is 55.8 Å². The quantitative estimate of drug-likeness (QED) is 0.710. The van der Waals surface area contributed by atoms with Crippen LogP contribution < -0.4 is 4.74 Å². The van der Waals surface area contributed by atoms with Gasteiger partial charge in [0.05, 0.1) is 0 Å². The fourth-order valence-corrected chi connectivity index (χ4v) is 3.80. The van der Waals surface area contributed by atoms with E-state index in [1.165, 1.54) is 19.3 Å². The van der Waals surface area contributed by atoms with Crippen LogP contribution in [0.15, 0.2) is 48.5 Å². The van der Waals surface area contributed by atoms with E-state index in [2.05, 4.69) is 0 Å². The summed E-state index contributed by atoms with van der Waals surface area (Å²) in [6, 6.07) is 15.6. The Morgan fingerprint density at radius 2 is 1.50 bits per heavy atom. The molecule has 1 aliphatic carbocycles. The first-order valence-electron chi connectivity index (χ1n) is 8.86. The van der Waals surface area contributed by atoms with E-state index in [0.717, 1.165) is 35.5 Å². The molecule has 0 aromatic heterocycles. The second-order valence-electron chi connectivity index (χ2n) is 6.76. The molecule has 4 rings (SSSR count). The largest absolute Gasteiger partial charge is 0.456 e. The molecule has 2 aliphatic rings. The van der Waals surface area contributed by atoms with Crippen molar-refractivity contribution < 1.29 is 14.3 Å². The molecule has 1 saturated carbocycles. The number of esters is 1. The SMILES string of the molecule is O=C(CC1CCCCC1)OC1c2ccccc2Oc2ccccc21. The van der Waals surface area contributed by atoms with Gasteiger partial charge in [0.25, 0.3) is 0 Å². The normalized spacial score (nSPS) is 17.5. The third-order valence-corrected chi connectivity index (χ3v) is 5.05. The molecule has 0 unspecified atom stereocenters. The molecule has 0 saturated heterocycles. The summed E-state index contributed by atoms with van der Waals surface area (Å²) < 4.78 is 11.9. The fourth-order valence-electron chi connectivity index (χ4n) is 3.80. The summed E-state index contributed by atoms with van der Waals surface area (Å²) in [4.78, 5) is 12.5. The van der Waals surface area contributed by atoms with Crippen LogP contribution in [0.5, 0.6) is 11.5 Å². The second kappa shape index (κ2) is 6.68. The Bertz CT molecular complexity index is 686. The Morgan fingerprint density at radius 3 is 2.12 bits per heavy atom. The zero-order valence-electron chi connectivity index (χ0n) is 13.7. The Morgan fingerprint density at radius 1 is 0.917 bits per heavy atom. The number of hydrogen-bond donors (Lipinski definition) is 0. The highest BCUT2D eigenvalue weighted by Gasteiger charge is 2.30. The van der Waals surface area contributed by atoms with Crippen LogP contribution in [-0.4, -0.2) is 5.97 Å². The maximum absolute atomic E-state index is 12.5. The molecular formula is C21H22O3. The molecule has 0 amide bonds. The topological polar surface area (TPSA) is 35.5 Å². The standard InChI is InChI=1S/C21H22O3/c22-20(14-15-8-2-1-3-9-15)24-21-16-10-4-6-12-18(16)23-19-13-7-5-11-17(19)21/h4-7,10-13,15,21H,1-3,8-9,14H2. The van der Waals surface area contributed by atoms with Crippen molar-refractivity contribution in [1.29, 1.82) is 0 Å². The highest BCUT2D eigenvalue weighted by molar-refractivity contribution is 5.71. The van der Waals surface area contributed by atoms with Crippen LogP contribution in [-0.2, 0) is 9.53 Å². The van der Waals surface area contributed by atoms with Crippen LogP contribution in [0, 0.1) is 5.92 Å². The van der Waals surface area contributed by atoms with Crippen LogP contribution in [0.3, 0.4) is 0 Å². The van der Waals surface area contributed by atoms with Crippen molar-refractivity contribution >= 4 is 5.97 Å². The monoisotopic (exact) mass is 322 g/mol. The number of carbonyl (C=O) groups is 1. The third-order valence-electron chi connectivity index (χ3n) is 5.05. The van der Waals surface area contributed by atoms with Gasteiger partial charge in [0.2, 0.25) is 0 Å². The Kier molecular flexibility index (Phi) is 4.24. The van der Waals surface area contributed by atoms with Crippen LogP contribution in [0.4, 0.5) is 0 Å². The first kappa shape index (κ1) is 15.3. The van der Waals surface area contributed by atoms with Crippen molar-refractivity contribution in [1.82, 2.24) is 0 Å². The molecule has 1 aliphatic heterocycles. The van der Waals surface area contributed by atoms with Crippen molar-refractivity contribution in [3.05, 3.63) is 59.7 Å². The average molecular weight is 322 g/mol. The van der Waals surface area contributed by atoms with E-state index in [4.69, 9.17) is 9.47 Å². The molecule has 0 atom stereocenters. The lowest BCUT2D eigenvalue weighted by atomic mass is 9.87. The van der Waals surface area contributed by atoms with E-state index in [1.54, 1.807) is 0 Å². The Hall–Kier alpha value is -2.29. The zero-order chi connectivity index (χ0) is 16.4. The number of fused-ring (bicyclic) bond motifs is 2. The summed E-state index contributed by atoms with van der Waals surface area (Å²) in [5, 5.41) is 0. The van der Waals surface area contributed by atoms with E-state index < -0.39 is 0 Å². The highest BCUT2D eigenvalue weighted by Crippen LogP contribution is 2.44. The molecule has 0 bridgehead atoms. The molecule has 1 fully saturated rings. The zero-order valence-corrected chi connectivity index (χ0v) is 13.7. The molecular weight excluding hydrogens is 300 g/mol. The van der Waals surface area contributed by atoms with E-state index in [9.17, 15) is 4.79 Å². The van der Waals surface area contributed by atoms with Gasteiger partial charge >= 0.3 is 5.97 Å². The smallest absolute Gasteiger partial charge is 0.307 e. The Balaban J connectivity index is 1.56. The van der Waals surface area contributed by atoms with Gasteiger partial charge in [-0.25, -0.2) is 0 Å². The molecule has 1 heterocycles. The third kappa shape index (κ3) is 3.03. The number of carbonyl (C=O) groups excluding carboxylic acids is 1. The van der Waals surface area contributed by atoms with Crippen LogP contribution in [0.25, 0.3) is 0 Å². The van der Waals surface area contributed by atoms with Crippen LogP contribution in [0.2, 0.25) is 0 Å². The van der Waals surface area contributed by atoms with Crippen molar-refractivity contribution in [2.24, 2.45) is 5.92 Å². The second-order valence-corrected chi connectivity index (χ2v) is 6.76. The number of hydrogen-bond acceptors (Lipinski definition) is 3. The molecule has 2 aromatic carbocycles. The van der Waals surface area contributed by atoms with Crippen LogP contribution >= 0.6 is 0 Å². The van der Waals surface area contributed by atoms with E-state index in [0.29, 0.717) is 12.3 Å². The van der Waals surface area contributed by atoms with Gasteiger partial charge in [0.15, 0.2) is 6.10 Å². The summed E-state index contributed by atoms with van der Waals surface area (Å²) in [6.07, 6.45) is 6.23. The van der Waals surface area contributed by atoms with Gasteiger partial charge in [-0.2, -0.15) is 0 Å². The summed E-state index contributed by atoms with van der Waals surface area (Å²) >= 11 is 0. The maximum Gasteiger partial charge on any atom is 0.307 e. The lowest BCUT2D eigenvalue weighted by Gasteiger charge is -2.28. The van der Waals surface area contributed by atoms with Gasteiger partial charge in [0, 0.05) is 17.5 Å². The minimum absolute atomic E-state index is 0.0987. The fraction of sp³-hybridized carbons (Fsp3) is 0.381.